The SMILES string of the molecule is CC1C(C)[C@H]2CC[C@@H]1C2.COC[C@](C)(O)C(F)(F)F. The monoisotopic (exact) mass is 282 g/mol. The van der Waals surface area contributed by atoms with E-state index < -0.39 is 18.4 Å². The van der Waals surface area contributed by atoms with Gasteiger partial charge in [-0.1, -0.05) is 13.8 Å². The van der Waals surface area contributed by atoms with E-state index in [4.69, 9.17) is 5.11 Å². The maximum absolute atomic E-state index is 11.7. The molecule has 0 aromatic carbocycles. The topological polar surface area (TPSA) is 29.5 Å². The van der Waals surface area contributed by atoms with Gasteiger partial charge in [-0.2, -0.15) is 13.2 Å². The molecule has 0 saturated heterocycles. The Kier molecular flexibility index (Phi) is 5.29. The van der Waals surface area contributed by atoms with Crippen molar-refractivity contribution in [1.82, 2.24) is 0 Å². The fourth-order valence-electron chi connectivity index (χ4n) is 3.23. The van der Waals surface area contributed by atoms with Crippen LogP contribution in [0.25, 0.3) is 0 Å². The number of alkyl halides is 3. The van der Waals surface area contributed by atoms with Crippen LogP contribution in [0, 0.1) is 23.7 Å². The summed E-state index contributed by atoms with van der Waals surface area (Å²) in [6.45, 7) is 4.80. The van der Waals surface area contributed by atoms with Crippen molar-refractivity contribution in [3.8, 4) is 0 Å². The second-order valence-corrected chi connectivity index (χ2v) is 6.26. The predicted octanol–water partition coefficient (Wildman–Crippen LogP) is 3.63. The van der Waals surface area contributed by atoms with E-state index in [-0.39, 0.29) is 0 Å². The van der Waals surface area contributed by atoms with Gasteiger partial charge in [0.2, 0.25) is 0 Å². The van der Waals surface area contributed by atoms with Gasteiger partial charge in [0, 0.05) is 7.11 Å². The number of hydrogen-bond acceptors (Lipinski definition) is 2. The number of halogens is 3. The van der Waals surface area contributed by atoms with Gasteiger partial charge in [-0.15, -0.1) is 0 Å². The van der Waals surface area contributed by atoms with Crippen molar-refractivity contribution in [1.29, 1.82) is 0 Å². The summed E-state index contributed by atoms with van der Waals surface area (Å²) in [4.78, 5) is 0. The van der Waals surface area contributed by atoms with Crippen LogP contribution in [0.5, 0.6) is 0 Å². The van der Waals surface area contributed by atoms with E-state index in [9.17, 15) is 13.2 Å². The standard InChI is InChI=1S/C9H16.C5H9F3O2/c1-6-7(2)9-4-3-8(6)5-9;1-4(9,3-10-2)5(6,7)8/h6-9H,3-5H2,1-2H3;9H,3H2,1-2H3/t6?,7?,8-,9+;4-/m.0/s1. The van der Waals surface area contributed by atoms with Gasteiger partial charge in [0.05, 0.1) is 6.61 Å². The number of ether oxygens (including phenoxy) is 1. The molecule has 2 nitrogen and oxygen atoms in total. The van der Waals surface area contributed by atoms with Crippen molar-refractivity contribution in [2.75, 3.05) is 13.7 Å². The molecule has 0 aliphatic heterocycles. The molecule has 2 aliphatic rings. The third kappa shape index (κ3) is 3.85. The van der Waals surface area contributed by atoms with Crippen molar-refractivity contribution in [2.24, 2.45) is 23.7 Å². The Morgan fingerprint density at radius 3 is 1.68 bits per heavy atom. The van der Waals surface area contributed by atoms with Gasteiger partial charge in [-0.3, -0.25) is 0 Å². The van der Waals surface area contributed by atoms with E-state index in [2.05, 4.69) is 18.6 Å². The smallest absolute Gasteiger partial charge is 0.381 e. The average Bonchev–Trinajstić information content (AvgIpc) is 2.83. The minimum Gasteiger partial charge on any atom is -0.381 e. The molecule has 2 saturated carbocycles. The van der Waals surface area contributed by atoms with Gasteiger partial charge in [0.1, 0.15) is 0 Å². The molecule has 0 aromatic heterocycles. The second-order valence-electron chi connectivity index (χ2n) is 6.26. The summed E-state index contributed by atoms with van der Waals surface area (Å²) < 4.78 is 39.2. The lowest BCUT2D eigenvalue weighted by Gasteiger charge is -2.24. The summed E-state index contributed by atoms with van der Waals surface area (Å²) in [6.07, 6.45) is 0.0116. The molecule has 2 bridgehead atoms. The molecule has 0 aromatic rings. The second kappa shape index (κ2) is 6.00. The van der Waals surface area contributed by atoms with E-state index in [1.54, 1.807) is 6.42 Å². The molecule has 2 unspecified atom stereocenters. The van der Waals surface area contributed by atoms with Gasteiger partial charge in [0.25, 0.3) is 0 Å². The highest BCUT2D eigenvalue weighted by atomic mass is 19.4. The summed E-state index contributed by atoms with van der Waals surface area (Å²) in [5.74, 6) is 4.32. The van der Waals surface area contributed by atoms with Gasteiger partial charge in [0.15, 0.2) is 5.60 Å². The predicted molar refractivity (Wildman–Crippen MR) is 67.7 cm³/mol. The van der Waals surface area contributed by atoms with Crippen molar-refractivity contribution in [2.45, 2.75) is 51.8 Å². The quantitative estimate of drug-likeness (QED) is 0.838. The summed E-state index contributed by atoms with van der Waals surface area (Å²) in [6, 6.07) is 0. The Balaban J connectivity index is 0.000000190. The van der Waals surface area contributed by atoms with Crippen molar-refractivity contribution in [3.05, 3.63) is 0 Å². The van der Waals surface area contributed by atoms with Crippen molar-refractivity contribution < 1.29 is 23.0 Å². The molecular formula is C14H25F3O2. The summed E-state index contributed by atoms with van der Waals surface area (Å²) in [7, 11) is 1.10. The lowest BCUT2D eigenvalue weighted by Crippen LogP contribution is -2.45. The minimum atomic E-state index is -4.62. The number of rotatable bonds is 2. The van der Waals surface area contributed by atoms with Gasteiger partial charge in [-0.05, 0) is 49.9 Å². The van der Waals surface area contributed by atoms with Crippen LogP contribution in [-0.2, 0) is 4.74 Å². The maximum Gasteiger partial charge on any atom is 0.419 e. The first-order chi connectivity index (χ1) is 8.60. The van der Waals surface area contributed by atoms with Crippen LogP contribution < -0.4 is 0 Å². The summed E-state index contributed by atoms with van der Waals surface area (Å²) >= 11 is 0. The zero-order chi connectivity index (χ0) is 14.8. The number of hydrogen-bond donors (Lipinski definition) is 1. The largest absolute Gasteiger partial charge is 0.419 e. The molecule has 2 aliphatic carbocycles. The zero-order valence-corrected chi connectivity index (χ0v) is 12.1. The molecule has 1 N–H and O–H groups in total. The molecule has 0 spiro atoms. The molecule has 2 fully saturated rings. The van der Waals surface area contributed by atoms with Crippen LogP contribution >= 0.6 is 0 Å². The van der Waals surface area contributed by atoms with Crippen LogP contribution in [0.1, 0.15) is 40.0 Å². The Morgan fingerprint density at radius 2 is 1.53 bits per heavy atom. The fraction of sp³-hybridized carbons (Fsp3) is 1.00. The third-order valence-electron chi connectivity index (χ3n) is 4.87. The average molecular weight is 282 g/mol. The molecule has 5 atom stereocenters. The highest BCUT2D eigenvalue weighted by Crippen LogP contribution is 2.51. The van der Waals surface area contributed by atoms with Gasteiger partial charge < -0.3 is 9.84 Å². The first-order valence-corrected chi connectivity index (χ1v) is 6.88. The van der Waals surface area contributed by atoms with Gasteiger partial charge in [-0.25, -0.2) is 0 Å². The van der Waals surface area contributed by atoms with Gasteiger partial charge >= 0.3 is 6.18 Å². The molecule has 0 heterocycles. The lowest BCUT2D eigenvalue weighted by molar-refractivity contribution is -0.265. The van der Waals surface area contributed by atoms with Crippen LogP contribution in [0.2, 0.25) is 0 Å². The minimum absolute atomic E-state index is 0.663. The fourth-order valence-corrected chi connectivity index (χ4v) is 3.23. The zero-order valence-electron chi connectivity index (χ0n) is 12.1. The van der Waals surface area contributed by atoms with E-state index in [0.29, 0.717) is 6.92 Å². The molecule has 0 amide bonds. The number of fused-ring (bicyclic) bond motifs is 2. The highest BCUT2D eigenvalue weighted by Gasteiger charge is 2.49. The van der Waals surface area contributed by atoms with E-state index >= 15 is 0 Å². The van der Waals surface area contributed by atoms with E-state index in [1.807, 2.05) is 0 Å². The molecule has 114 valence electrons. The molecule has 2 rings (SSSR count). The Labute approximate surface area is 113 Å². The highest BCUT2D eigenvalue weighted by molar-refractivity contribution is 4.92. The summed E-state index contributed by atoms with van der Waals surface area (Å²) in [5, 5.41) is 8.60. The van der Waals surface area contributed by atoms with Crippen molar-refractivity contribution in [3.63, 3.8) is 0 Å². The van der Waals surface area contributed by atoms with Crippen LogP contribution in [0.15, 0.2) is 0 Å². The van der Waals surface area contributed by atoms with Crippen LogP contribution in [-0.4, -0.2) is 30.6 Å². The van der Waals surface area contributed by atoms with Crippen molar-refractivity contribution >= 4 is 0 Å². The molecule has 5 heteroatoms. The van der Waals surface area contributed by atoms with E-state index in [1.165, 1.54) is 12.8 Å². The first-order valence-electron chi connectivity index (χ1n) is 6.88. The Bertz CT molecular complexity index is 271. The first kappa shape index (κ1) is 16.8. The lowest BCUT2D eigenvalue weighted by atomic mass is 9.82. The normalized spacial score (nSPS) is 36.6. The number of aliphatic hydroxyl groups is 1. The summed E-state index contributed by atoms with van der Waals surface area (Å²) in [5.41, 5.74) is -2.73. The Morgan fingerprint density at radius 1 is 1.11 bits per heavy atom. The Hall–Kier alpha value is -0.290. The molecule has 0 radical (unpaired) electrons. The van der Waals surface area contributed by atoms with Crippen LogP contribution in [0.3, 0.4) is 0 Å². The van der Waals surface area contributed by atoms with Crippen LogP contribution in [0.4, 0.5) is 13.2 Å². The van der Waals surface area contributed by atoms with E-state index in [0.717, 1.165) is 30.8 Å². The number of methoxy groups -OCH3 is 1. The molecule has 19 heavy (non-hydrogen) atoms. The third-order valence-corrected chi connectivity index (χ3v) is 4.87. The maximum atomic E-state index is 11.7. The molecular weight excluding hydrogens is 257 g/mol.